The number of carbonyl (C=O) groups is 2. The summed E-state index contributed by atoms with van der Waals surface area (Å²) in [7, 11) is 0. The summed E-state index contributed by atoms with van der Waals surface area (Å²) >= 11 is -4.93. The number of H-pyrrole nitrogens is 1. The summed E-state index contributed by atoms with van der Waals surface area (Å²) in [5.74, 6) is -1.40. The minimum absolute atomic E-state index is 0.0530. The van der Waals surface area contributed by atoms with Gasteiger partial charge in [-0.25, -0.2) is 4.39 Å². The zero-order chi connectivity index (χ0) is 30.0. The first kappa shape index (κ1) is 30.1. The van der Waals surface area contributed by atoms with Gasteiger partial charge >= 0.3 is 140 Å². The molecule has 1 amide bonds. The van der Waals surface area contributed by atoms with Crippen LogP contribution >= 0.6 is 0 Å². The van der Waals surface area contributed by atoms with Crippen LogP contribution in [-0.4, -0.2) is 46.5 Å². The average molecular weight is 634 g/mol. The van der Waals surface area contributed by atoms with Crippen molar-refractivity contribution >= 4 is 30.4 Å². The van der Waals surface area contributed by atoms with E-state index in [0.717, 1.165) is 29.3 Å². The molecule has 5 aromatic rings. The Morgan fingerprint density at radius 1 is 0.929 bits per heavy atom. The van der Waals surface area contributed by atoms with Crippen LogP contribution in [0.15, 0.2) is 110 Å². The SMILES string of the molecule is CC(=O)NO[As](=O)(OO)c1cccc(OC(=O)c2ccccc2)c1.Fc1ccc(-c2[nH]ncc2-c2ccncc2)cc1. The average Bonchev–Trinajstić information content (AvgIpc) is 3.52. The molecule has 5 rings (SSSR count). The first-order valence-corrected chi connectivity index (χ1v) is 15.5. The predicted octanol–water partition coefficient (Wildman–Crippen LogP) is 4.32. The number of aromatic nitrogens is 3. The molecule has 0 bridgehead atoms. The summed E-state index contributed by atoms with van der Waals surface area (Å²) in [6.07, 6.45) is 5.22. The molecular formula is C29H24AsFN4O7. The minimum atomic E-state index is -4.93. The number of benzene rings is 3. The summed E-state index contributed by atoms with van der Waals surface area (Å²) < 4.78 is 39.1. The van der Waals surface area contributed by atoms with Crippen LogP contribution in [-0.2, 0) is 16.2 Å². The van der Waals surface area contributed by atoms with E-state index in [4.69, 9.17) is 9.99 Å². The number of carbonyl (C=O) groups excluding carboxylic acids is 2. The maximum absolute atomic E-state index is 12.9. The monoisotopic (exact) mass is 634 g/mol. The second kappa shape index (κ2) is 14.2. The van der Waals surface area contributed by atoms with Crippen molar-refractivity contribution in [2.45, 2.75) is 6.92 Å². The molecule has 42 heavy (non-hydrogen) atoms. The zero-order valence-corrected chi connectivity index (χ0v) is 23.9. The second-order valence-corrected chi connectivity index (χ2v) is 12.4. The normalized spacial score (nSPS) is 11.9. The van der Waals surface area contributed by atoms with Crippen molar-refractivity contribution in [2.24, 2.45) is 0 Å². The van der Waals surface area contributed by atoms with Gasteiger partial charge in [-0.2, -0.15) is 5.10 Å². The summed E-state index contributed by atoms with van der Waals surface area (Å²) in [5.41, 5.74) is 5.97. The molecule has 0 radical (unpaired) electrons. The Hall–Kier alpha value is -4.87. The fourth-order valence-electron chi connectivity index (χ4n) is 3.57. The zero-order valence-electron chi connectivity index (χ0n) is 22.0. The first-order valence-electron chi connectivity index (χ1n) is 12.2. The van der Waals surface area contributed by atoms with Crippen molar-refractivity contribution in [3.8, 4) is 28.1 Å². The molecule has 1 unspecified atom stereocenters. The second-order valence-electron chi connectivity index (χ2n) is 8.48. The van der Waals surface area contributed by atoms with Gasteiger partial charge in [0.1, 0.15) is 5.82 Å². The third-order valence-corrected chi connectivity index (χ3v) is 8.59. The molecular weight excluding hydrogens is 610 g/mol. The number of nitrogens with zero attached hydrogens (tertiary/aromatic N) is 2. The molecule has 11 nitrogen and oxygen atoms in total. The third-order valence-electron chi connectivity index (χ3n) is 5.53. The van der Waals surface area contributed by atoms with Crippen molar-refractivity contribution in [3.63, 3.8) is 0 Å². The van der Waals surface area contributed by atoms with E-state index in [1.54, 1.807) is 61.1 Å². The number of halogens is 1. The molecule has 0 fully saturated rings. The molecule has 3 aromatic carbocycles. The van der Waals surface area contributed by atoms with Crippen LogP contribution in [0, 0.1) is 5.82 Å². The molecule has 2 heterocycles. The summed E-state index contributed by atoms with van der Waals surface area (Å²) in [6.45, 7) is 1.13. The van der Waals surface area contributed by atoms with Crippen molar-refractivity contribution in [3.05, 3.63) is 121 Å². The molecule has 0 saturated carbocycles. The number of nitrogens with one attached hydrogen (secondary N) is 2. The van der Waals surface area contributed by atoms with E-state index in [-0.39, 0.29) is 15.9 Å². The van der Waals surface area contributed by atoms with E-state index < -0.39 is 26.0 Å². The predicted molar refractivity (Wildman–Crippen MR) is 150 cm³/mol. The summed E-state index contributed by atoms with van der Waals surface area (Å²) in [6, 6.07) is 23.9. The van der Waals surface area contributed by atoms with Crippen LogP contribution < -0.4 is 14.6 Å². The van der Waals surface area contributed by atoms with Crippen LogP contribution in [0.4, 0.5) is 4.39 Å². The third kappa shape index (κ3) is 7.86. The number of hydrogen-bond acceptors (Lipinski definition) is 9. The van der Waals surface area contributed by atoms with Gasteiger partial charge in [0.05, 0.1) is 11.9 Å². The number of hydrogen-bond donors (Lipinski definition) is 3. The topological polar surface area (TPSA) is 153 Å². The fraction of sp³-hybridized carbons (Fsp3) is 0.0345. The number of amides is 1. The van der Waals surface area contributed by atoms with Crippen LogP contribution in [0.3, 0.4) is 0 Å². The smallest absolute Gasteiger partial charge is 0.123 e. The van der Waals surface area contributed by atoms with Gasteiger partial charge in [-0.05, 0) is 42.0 Å². The molecule has 1 atom stereocenters. The Balaban J connectivity index is 0.000000200. The van der Waals surface area contributed by atoms with Crippen LogP contribution in [0.25, 0.3) is 22.4 Å². The van der Waals surface area contributed by atoms with Crippen molar-refractivity contribution in [1.82, 2.24) is 20.7 Å². The standard InChI is InChI=1S/C15H14AsNO7.C14H10FN3/c1-11(18)17-23-16(20,24-21)13-8-5-9-14(10-13)22-15(19)12-6-3-2-4-7-12;15-12-3-1-11(2-4-12)14-13(9-17-18-14)10-5-7-16-8-6-10/h2-10,21H,1H3,(H,17,18);1-9H,(H,17,18). The number of hydroxylamine groups is 1. The van der Waals surface area contributed by atoms with E-state index in [1.165, 1.54) is 36.4 Å². The van der Waals surface area contributed by atoms with Gasteiger partial charge in [-0.1, -0.05) is 0 Å². The van der Waals surface area contributed by atoms with Crippen LogP contribution in [0.2, 0.25) is 0 Å². The first-order chi connectivity index (χ1) is 20.3. The molecule has 0 aliphatic carbocycles. The Bertz CT molecular complexity index is 1680. The molecule has 0 spiro atoms. The largest absolute Gasteiger partial charge is 0.277 e. The van der Waals surface area contributed by atoms with Gasteiger partial charge in [-0.3, -0.25) is 10.1 Å². The van der Waals surface area contributed by atoms with Crippen LogP contribution in [0.5, 0.6) is 5.75 Å². The van der Waals surface area contributed by atoms with E-state index in [1.807, 2.05) is 17.6 Å². The van der Waals surface area contributed by atoms with Gasteiger partial charge < -0.3 is 0 Å². The van der Waals surface area contributed by atoms with Crippen molar-refractivity contribution < 1.29 is 35.4 Å². The van der Waals surface area contributed by atoms with Crippen LogP contribution in [0.1, 0.15) is 17.3 Å². The van der Waals surface area contributed by atoms with Crippen molar-refractivity contribution in [1.29, 1.82) is 0 Å². The molecule has 0 aliphatic rings. The quantitative estimate of drug-likeness (QED) is 0.0745. The van der Waals surface area contributed by atoms with E-state index in [0.29, 0.717) is 5.56 Å². The van der Waals surface area contributed by atoms with Gasteiger partial charge in [0.25, 0.3) is 0 Å². The number of ether oxygens (including phenoxy) is 1. The van der Waals surface area contributed by atoms with Gasteiger partial charge in [0.15, 0.2) is 0 Å². The number of pyridine rings is 1. The number of esters is 1. The number of rotatable bonds is 8. The maximum atomic E-state index is 12.9. The Morgan fingerprint density at radius 3 is 2.31 bits per heavy atom. The molecule has 214 valence electrons. The van der Waals surface area contributed by atoms with Gasteiger partial charge in [-0.15, -0.1) is 0 Å². The Labute approximate surface area is 242 Å². The molecule has 2 aromatic heterocycles. The van der Waals surface area contributed by atoms with Gasteiger partial charge in [0.2, 0.25) is 0 Å². The van der Waals surface area contributed by atoms with E-state index in [2.05, 4.69) is 22.9 Å². The van der Waals surface area contributed by atoms with E-state index >= 15 is 0 Å². The summed E-state index contributed by atoms with van der Waals surface area (Å²) in [5, 5.41) is 15.9. The maximum Gasteiger partial charge on any atom is 0.123 e. The number of aromatic amines is 1. The molecule has 0 saturated heterocycles. The fourth-order valence-corrected chi connectivity index (χ4v) is 5.74. The Morgan fingerprint density at radius 2 is 1.64 bits per heavy atom. The summed E-state index contributed by atoms with van der Waals surface area (Å²) in [4.78, 5) is 26.8. The molecule has 3 N–H and O–H groups in total. The van der Waals surface area contributed by atoms with Gasteiger partial charge in [0, 0.05) is 23.5 Å². The van der Waals surface area contributed by atoms with E-state index in [9.17, 15) is 17.7 Å². The Kier molecular flexibility index (Phi) is 10.1. The molecule has 13 heteroatoms. The van der Waals surface area contributed by atoms with Crippen molar-refractivity contribution in [2.75, 3.05) is 0 Å². The minimum Gasteiger partial charge on any atom is -0.277 e. The molecule has 0 aliphatic heterocycles.